The molecule has 3 nitrogen and oxygen atoms in total. The summed E-state index contributed by atoms with van der Waals surface area (Å²) < 4.78 is 3.98. The lowest BCUT2D eigenvalue weighted by atomic mass is 10.0. The minimum absolute atomic E-state index is 0.613. The Balaban J connectivity index is 2.01. The second-order valence-electron chi connectivity index (χ2n) is 4.17. The average molecular weight is 268 g/mol. The van der Waals surface area contributed by atoms with Crippen LogP contribution in [0.5, 0.6) is 0 Å². The minimum atomic E-state index is -0.741. The van der Waals surface area contributed by atoms with Gasteiger partial charge in [0, 0.05) is 0 Å². The molecule has 1 atom stereocenters. The van der Waals surface area contributed by atoms with Crippen LogP contribution in [-0.2, 0) is 0 Å². The van der Waals surface area contributed by atoms with Crippen LogP contribution in [0, 0.1) is 0 Å². The molecule has 0 aliphatic rings. The Morgan fingerprint density at radius 3 is 2.21 bits per heavy atom. The molecule has 0 saturated carbocycles. The molecule has 1 heterocycles. The van der Waals surface area contributed by atoms with E-state index in [1.165, 1.54) is 11.5 Å². The highest BCUT2D eigenvalue weighted by Crippen LogP contribution is 2.32. The number of rotatable bonds is 3. The molecule has 2 aromatic carbocycles. The first kappa shape index (κ1) is 12.0. The van der Waals surface area contributed by atoms with Crippen LogP contribution in [0.3, 0.4) is 0 Å². The van der Waals surface area contributed by atoms with Gasteiger partial charge in [-0.25, -0.2) is 0 Å². The third-order valence-electron chi connectivity index (χ3n) is 2.92. The van der Waals surface area contributed by atoms with E-state index in [1.807, 2.05) is 60.7 Å². The van der Waals surface area contributed by atoms with Gasteiger partial charge in [-0.3, -0.25) is 0 Å². The van der Waals surface area contributed by atoms with Gasteiger partial charge in [-0.1, -0.05) is 65.2 Å². The van der Waals surface area contributed by atoms with Crippen LogP contribution < -0.4 is 0 Å². The summed E-state index contributed by atoms with van der Waals surface area (Å²) in [6.45, 7) is 0. The number of aliphatic hydroxyl groups excluding tert-OH is 1. The summed E-state index contributed by atoms with van der Waals surface area (Å²) in [5.74, 6) is 0. The highest BCUT2D eigenvalue weighted by Gasteiger charge is 2.19. The van der Waals surface area contributed by atoms with Gasteiger partial charge in [-0.2, -0.15) is 0 Å². The van der Waals surface area contributed by atoms with Crippen molar-refractivity contribution in [2.75, 3.05) is 0 Å². The Labute approximate surface area is 115 Å². The van der Waals surface area contributed by atoms with Crippen LogP contribution in [0.25, 0.3) is 10.4 Å². The number of hydrogen-bond donors (Lipinski definition) is 1. The fourth-order valence-electron chi connectivity index (χ4n) is 1.96. The van der Waals surface area contributed by atoms with Gasteiger partial charge in [0.1, 0.15) is 11.8 Å². The fraction of sp³-hybridized carbons (Fsp3) is 0.0667. The van der Waals surface area contributed by atoms with Crippen LogP contribution in [-0.4, -0.2) is 14.7 Å². The zero-order valence-electron chi connectivity index (χ0n) is 10.1. The quantitative estimate of drug-likeness (QED) is 0.793. The Morgan fingerprint density at radius 1 is 0.895 bits per heavy atom. The molecular formula is C15H12N2OS. The molecule has 0 aliphatic heterocycles. The van der Waals surface area contributed by atoms with Gasteiger partial charge in [0.2, 0.25) is 0 Å². The maximum Gasteiger partial charge on any atom is 0.124 e. The Bertz CT molecular complexity index is 652. The lowest BCUT2D eigenvalue weighted by Crippen LogP contribution is -2.01. The first-order valence-electron chi connectivity index (χ1n) is 5.97. The molecule has 0 fully saturated rings. The average Bonchev–Trinajstić information content (AvgIpc) is 2.98. The van der Waals surface area contributed by atoms with Crippen molar-refractivity contribution in [3.05, 3.63) is 71.9 Å². The van der Waals surface area contributed by atoms with E-state index in [0.29, 0.717) is 5.69 Å². The van der Waals surface area contributed by atoms with Crippen molar-refractivity contribution in [1.82, 2.24) is 9.59 Å². The summed E-state index contributed by atoms with van der Waals surface area (Å²) in [5, 5.41) is 14.5. The van der Waals surface area contributed by atoms with Crippen molar-refractivity contribution in [3.63, 3.8) is 0 Å². The van der Waals surface area contributed by atoms with Crippen molar-refractivity contribution in [3.8, 4) is 10.4 Å². The highest BCUT2D eigenvalue weighted by molar-refractivity contribution is 7.09. The van der Waals surface area contributed by atoms with Gasteiger partial charge in [0.25, 0.3) is 0 Å². The van der Waals surface area contributed by atoms with E-state index < -0.39 is 6.10 Å². The van der Waals surface area contributed by atoms with Crippen molar-refractivity contribution in [2.45, 2.75) is 6.10 Å². The van der Waals surface area contributed by atoms with Crippen molar-refractivity contribution < 1.29 is 5.11 Å². The van der Waals surface area contributed by atoms with Crippen molar-refractivity contribution >= 4 is 11.5 Å². The molecule has 19 heavy (non-hydrogen) atoms. The van der Waals surface area contributed by atoms with E-state index in [2.05, 4.69) is 9.59 Å². The van der Waals surface area contributed by atoms with E-state index >= 15 is 0 Å². The molecule has 0 saturated heterocycles. The number of nitrogens with zero attached hydrogens (tertiary/aromatic N) is 2. The SMILES string of the molecule is OC(c1ccccc1)c1nnsc1-c1ccccc1. The molecule has 0 amide bonds. The first-order valence-corrected chi connectivity index (χ1v) is 6.74. The summed E-state index contributed by atoms with van der Waals surface area (Å²) in [4.78, 5) is 0.914. The van der Waals surface area contributed by atoms with Gasteiger partial charge in [0.05, 0.1) is 4.88 Å². The fourth-order valence-corrected chi connectivity index (χ4v) is 2.66. The molecule has 94 valence electrons. The molecule has 3 aromatic rings. The van der Waals surface area contributed by atoms with E-state index in [1.54, 1.807) is 0 Å². The largest absolute Gasteiger partial charge is 0.382 e. The summed E-state index contributed by atoms with van der Waals surface area (Å²) in [6, 6.07) is 19.4. The molecule has 3 rings (SSSR count). The second kappa shape index (κ2) is 5.30. The minimum Gasteiger partial charge on any atom is -0.382 e. The van der Waals surface area contributed by atoms with Crippen LogP contribution in [0.1, 0.15) is 17.4 Å². The van der Waals surface area contributed by atoms with Crippen LogP contribution in [0.15, 0.2) is 60.7 Å². The highest BCUT2D eigenvalue weighted by atomic mass is 32.1. The zero-order chi connectivity index (χ0) is 13.1. The van der Waals surface area contributed by atoms with Crippen LogP contribution >= 0.6 is 11.5 Å². The first-order chi connectivity index (χ1) is 9.36. The number of aromatic nitrogens is 2. The smallest absolute Gasteiger partial charge is 0.124 e. The van der Waals surface area contributed by atoms with Crippen LogP contribution in [0.2, 0.25) is 0 Å². The maximum atomic E-state index is 10.4. The number of hydrogen-bond acceptors (Lipinski definition) is 4. The summed E-state index contributed by atoms with van der Waals surface area (Å²) in [6.07, 6.45) is -0.741. The summed E-state index contributed by atoms with van der Waals surface area (Å²) in [7, 11) is 0. The summed E-state index contributed by atoms with van der Waals surface area (Å²) >= 11 is 1.30. The van der Waals surface area contributed by atoms with E-state index in [0.717, 1.165) is 16.0 Å². The maximum absolute atomic E-state index is 10.4. The monoisotopic (exact) mass is 268 g/mol. The Morgan fingerprint density at radius 2 is 1.53 bits per heavy atom. The molecule has 0 spiro atoms. The normalized spacial score (nSPS) is 12.3. The van der Waals surface area contributed by atoms with E-state index in [4.69, 9.17) is 0 Å². The Hall–Kier alpha value is -2.04. The standard InChI is InChI=1S/C15H12N2OS/c18-14(11-7-3-1-4-8-11)13-15(19-17-16-13)12-9-5-2-6-10-12/h1-10,14,18H. The third-order valence-corrected chi connectivity index (χ3v) is 3.71. The lowest BCUT2D eigenvalue weighted by Gasteiger charge is -2.09. The molecule has 1 N–H and O–H groups in total. The van der Waals surface area contributed by atoms with Gasteiger partial charge in [-0.15, -0.1) is 5.10 Å². The van der Waals surface area contributed by atoms with Gasteiger partial charge < -0.3 is 5.11 Å². The predicted molar refractivity (Wildman–Crippen MR) is 75.8 cm³/mol. The number of benzene rings is 2. The molecule has 0 aliphatic carbocycles. The van der Waals surface area contributed by atoms with Gasteiger partial charge in [-0.05, 0) is 22.7 Å². The summed E-state index contributed by atoms with van der Waals surface area (Å²) in [5.41, 5.74) is 2.47. The van der Waals surface area contributed by atoms with Crippen molar-refractivity contribution in [2.24, 2.45) is 0 Å². The number of aliphatic hydroxyl groups is 1. The van der Waals surface area contributed by atoms with E-state index in [-0.39, 0.29) is 0 Å². The molecule has 1 unspecified atom stereocenters. The van der Waals surface area contributed by atoms with Crippen LogP contribution in [0.4, 0.5) is 0 Å². The molecule has 0 radical (unpaired) electrons. The molecule has 4 heteroatoms. The molecule has 1 aromatic heterocycles. The van der Waals surface area contributed by atoms with E-state index in [9.17, 15) is 5.11 Å². The third kappa shape index (κ3) is 2.41. The molecular weight excluding hydrogens is 256 g/mol. The Kier molecular flexibility index (Phi) is 3.35. The molecule has 0 bridgehead atoms. The van der Waals surface area contributed by atoms with Crippen molar-refractivity contribution in [1.29, 1.82) is 0 Å². The van der Waals surface area contributed by atoms with Gasteiger partial charge >= 0.3 is 0 Å². The lowest BCUT2D eigenvalue weighted by molar-refractivity contribution is 0.216. The predicted octanol–water partition coefficient (Wildman–Crippen LogP) is 3.29. The topological polar surface area (TPSA) is 46.0 Å². The van der Waals surface area contributed by atoms with Gasteiger partial charge in [0.15, 0.2) is 0 Å². The zero-order valence-corrected chi connectivity index (χ0v) is 10.9. The second-order valence-corrected chi connectivity index (χ2v) is 4.92.